The summed E-state index contributed by atoms with van der Waals surface area (Å²) < 4.78 is 0. The maximum absolute atomic E-state index is 9.49. The molecule has 0 saturated carbocycles. The average Bonchev–Trinajstić information content (AvgIpc) is 2.21. The highest BCUT2D eigenvalue weighted by molar-refractivity contribution is 6.18. The fourth-order valence-corrected chi connectivity index (χ4v) is 1.79. The standard InChI is InChI=1S/C10H19Cl2NO/c1-3-4-5-8(2)6-9(13-12)10(14)7-11/h3,8-10,13-14H,1,4-7H2,2H3/t8-,9+,10-/m1/s1. The molecule has 0 aliphatic heterocycles. The SMILES string of the molecule is C=CCC[C@@H](C)C[C@H](NCl)[C@H](O)CCl. The van der Waals surface area contributed by atoms with Gasteiger partial charge in [0.05, 0.1) is 6.10 Å². The molecule has 0 aliphatic rings. The van der Waals surface area contributed by atoms with E-state index in [4.69, 9.17) is 23.4 Å². The molecule has 0 spiro atoms. The predicted molar refractivity (Wildman–Crippen MR) is 62.7 cm³/mol. The highest BCUT2D eigenvalue weighted by atomic mass is 35.5. The lowest BCUT2D eigenvalue weighted by Gasteiger charge is -2.22. The molecule has 0 aromatic rings. The van der Waals surface area contributed by atoms with Crippen LogP contribution in [0.25, 0.3) is 0 Å². The summed E-state index contributed by atoms with van der Waals surface area (Å²) in [5.41, 5.74) is 0. The van der Waals surface area contributed by atoms with E-state index >= 15 is 0 Å². The molecule has 0 heterocycles. The minimum atomic E-state index is -0.583. The van der Waals surface area contributed by atoms with Gasteiger partial charge in [-0.2, -0.15) is 0 Å². The number of alkyl halides is 1. The van der Waals surface area contributed by atoms with Gasteiger partial charge in [-0.25, -0.2) is 4.84 Å². The summed E-state index contributed by atoms with van der Waals surface area (Å²) in [5, 5.41) is 9.49. The molecule has 0 saturated heterocycles. The van der Waals surface area contributed by atoms with Gasteiger partial charge in [-0.05, 0) is 37.0 Å². The second-order valence-corrected chi connectivity index (χ2v) is 4.17. The van der Waals surface area contributed by atoms with Crippen LogP contribution in [-0.4, -0.2) is 23.1 Å². The van der Waals surface area contributed by atoms with Gasteiger partial charge in [0.15, 0.2) is 0 Å². The van der Waals surface area contributed by atoms with Crippen LogP contribution in [0.4, 0.5) is 0 Å². The van der Waals surface area contributed by atoms with Crippen LogP contribution in [0.5, 0.6) is 0 Å². The number of nitrogens with one attached hydrogen (secondary N) is 1. The summed E-state index contributed by atoms with van der Waals surface area (Å²) in [4.78, 5) is 2.57. The minimum Gasteiger partial charge on any atom is -0.390 e. The third-order valence-corrected chi connectivity index (χ3v) is 2.88. The lowest BCUT2D eigenvalue weighted by molar-refractivity contribution is 0.146. The topological polar surface area (TPSA) is 32.3 Å². The maximum Gasteiger partial charge on any atom is 0.0841 e. The van der Waals surface area contributed by atoms with Gasteiger partial charge in [-0.3, -0.25) is 0 Å². The van der Waals surface area contributed by atoms with E-state index in [1.54, 1.807) is 0 Å². The Hall–Kier alpha value is 0.240. The van der Waals surface area contributed by atoms with E-state index in [1.165, 1.54) is 0 Å². The molecule has 0 fully saturated rings. The van der Waals surface area contributed by atoms with Gasteiger partial charge < -0.3 is 5.11 Å². The first-order valence-electron chi connectivity index (χ1n) is 4.86. The van der Waals surface area contributed by atoms with Crippen molar-refractivity contribution < 1.29 is 5.11 Å². The van der Waals surface area contributed by atoms with Crippen LogP contribution in [0.2, 0.25) is 0 Å². The molecule has 0 bridgehead atoms. The van der Waals surface area contributed by atoms with Gasteiger partial charge in [0.1, 0.15) is 0 Å². The van der Waals surface area contributed by atoms with E-state index in [-0.39, 0.29) is 11.9 Å². The zero-order valence-electron chi connectivity index (χ0n) is 8.55. The lowest BCUT2D eigenvalue weighted by Crippen LogP contribution is -2.37. The number of rotatable bonds is 8. The van der Waals surface area contributed by atoms with E-state index < -0.39 is 6.10 Å². The van der Waals surface area contributed by atoms with Crippen molar-refractivity contribution in [2.75, 3.05) is 5.88 Å². The highest BCUT2D eigenvalue weighted by Crippen LogP contribution is 2.16. The molecule has 0 radical (unpaired) electrons. The molecule has 0 aliphatic carbocycles. The Bertz CT molecular complexity index is 155. The lowest BCUT2D eigenvalue weighted by atomic mass is 9.95. The van der Waals surface area contributed by atoms with Crippen molar-refractivity contribution >= 4 is 23.4 Å². The van der Waals surface area contributed by atoms with E-state index in [0.717, 1.165) is 19.3 Å². The summed E-state index contributed by atoms with van der Waals surface area (Å²) in [6, 6.07) is -0.131. The molecule has 84 valence electrons. The van der Waals surface area contributed by atoms with E-state index in [1.807, 2.05) is 6.08 Å². The fourth-order valence-electron chi connectivity index (χ4n) is 1.34. The van der Waals surface area contributed by atoms with Crippen LogP contribution in [0.15, 0.2) is 12.7 Å². The van der Waals surface area contributed by atoms with E-state index in [0.29, 0.717) is 5.92 Å². The Morgan fingerprint density at radius 2 is 2.21 bits per heavy atom. The number of hydrogen-bond acceptors (Lipinski definition) is 2. The van der Waals surface area contributed by atoms with Crippen molar-refractivity contribution in [3.63, 3.8) is 0 Å². The number of halogens is 2. The van der Waals surface area contributed by atoms with Gasteiger partial charge in [0.2, 0.25) is 0 Å². The van der Waals surface area contributed by atoms with Crippen molar-refractivity contribution in [2.24, 2.45) is 5.92 Å². The van der Waals surface area contributed by atoms with Gasteiger partial charge in [-0.1, -0.05) is 13.0 Å². The second-order valence-electron chi connectivity index (χ2n) is 3.64. The molecule has 0 aromatic heterocycles. The number of aliphatic hydroxyl groups excluding tert-OH is 1. The summed E-state index contributed by atoms with van der Waals surface area (Å²) in [5.74, 6) is 0.709. The predicted octanol–water partition coefficient (Wildman–Crippen LogP) is 2.69. The van der Waals surface area contributed by atoms with Crippen LogP contribution in [0, 0.1) is 5.92 Å². The summed E-state index contributed by atoms with van der Waals surface area (Å²) in [6.07, 6.45) is 4.20. The van der Waals surface area contributed by atoms with E-state index in [2.05, 4.69) is 18.3 Å². The molecule has 3 atom stereocenters. The zero-order valence-corrected chi connectivity index (χ0v) is 10.1. The number of allylic oxidation sites excluding steroid dienone is 1. The Balaban J connectivity index is 3.84. The third-order valence-electron chi connectivity index (χ3n) is 2.28. The molecular weight excluding hydrogens is 221 g/mol. The second kappa shape index (κ2) is 8.54. The normalized spacial score (nSPS) is 17.4. The van der Waals surface area contributed by atoms with Gasteiger partial charge in [0, 0.05) is 11.9 Å². The molecule has 2 nitrogen and oxygen atoms in total. The Morgan fingerprint density at radius 3 is 2.64 bits per heavy atom. The van der Waals surface area contributed by atoms with Crippen molar-refractivity contribution in [3.8, 4) is 0 Å². The van der Waals surface area contributed by atoms with Gasteiger partial charge >= 0.3 is 0 Å². The third kappa shape index (κ3) is 5.86. The van der Waals surface area contributed by atoms with E-state index in [9.17, 15) is 5.11 Å². The van der Waals surface area contributed by atoms with Crippen LogP contribution in [0.3, 0.4) is 0 Å². The minimum absolute atomic E-state index is 0.131. The molecule has 0 unspecified atom stereocenters. The van der Waals surface area contributed by atoms with Crippen molar-refractivity contribution in [3.05, 3.63) is 12.7 Å². The Labute approximate surface area is 96.4 Å². The Kier molecular flexibility index (Phi) is 8.69. The largest absolute Gasteiger partial charge is 0.390 e. The first kappa shape index (κ1) is 14.2. The summed E-state index contributed by atoms with van der Waals surface area (Å²) >= 11 is 11.1. The average molecular weight is 240 g/mol. The monoisotopic (exact) mass is 239 g/mol. The molecule has 14 heavy (non-hydrogen) atoms. The highest BCUT2D eigenvalue weighted by Gasteiger charge is 2.19. The van der Waals surface area contributed by atoms with Crippen LogP contribution >= 0.6 is 23.4 Å². The van der Waals surface area contributed by atoms with Crippen molar-refractivity contribution in [1.82, 2.24) is 4.84 Å². The zero-order chi connectivity index (χ0) is 11.0. The Morgan fingerprint density at radius 1 is 1.57 bits per heavy atom. The van der Waals surface area contributed by atoms with Crippen LogP contribution in [0.1, 0.15) is 26.2 Å². The quantitative estimate of drug-likeness (QED) is 0.388. The van der Waals surface area contributed by atoms with Crippen molar-refractivity contribution in [2.45, 2.75) is 38.3 Å². The molecular formula is C10H19Cl2NO. The first-order valence-corrected chi connectivity index (χ1v) is 5.78. The van der Waals surface area contributed by atoms with Crippen LogP contribution < -0.4 is 4.84 Å². The molecule has 2 N–H and O–H groups in total. The van der Waals surface area contributed by atoms with Crippen LogP contribution in [-0.2, 0) is 0 Å². The maximum atomic E-state index is 9.49. The van der Waals surface area contributed by atoms with Crippen molar-refractivity contribution in [1.29, 1.82) is 0 Å². The van der Waals surface area contributed by atoms with Gasteiger partial charge in [0.25, 0.3) is 0 Å². The number of aliphatic hydroxyl groups is 1. The molecule has 4 heteroatoms. The fraction of sp³-hybridized carbons (Fsp3) is 0.800. The smallest absolute Gasteiger partial charge is 0.0841 e. The number of hydrogen-bond donors (Lipinski definition) is 2. The summed E-state index contributed by atoms with van der Waals surface area (Å²) in [6.45, 7) is 5.80. The molecule has 0 aromatic carbocycles. The molecule has 0 amide bonds. The molecule has 0 rings (SSSR count). The summed E-state index contributed by atoms with van der Waals surface area (Å²) in [7, 11) is 0. The van der Waals surface area contributed by atoms with Gasteiger partial charge in [-0.15, -0.1) is 18.2 Å². The first-order chi connectivity index (χ1) is 6.65.